The summed E-state index contributed by atoms with van der Waals surface area (Å²) in [6.07, 6.45) is 5.29. The average molecular weight is 530 g/mol. The zero-order valence-corrected chi connectivity index (χ0v) is 22.6. The first-order valence-corrected chi connectivity index (χ1v) is 14.2. The van der Waals surface area contributed by atoms with Crippen molar-refractivity contribution in [3.63, 3.8) is 0 Å². The summed E-state index contributed by atoms with van der Waals surface area (Å²) < 4.78 is 18.1. The standard InChI is InChI=1S/C33H39NO5/c35-33(36)34-18-17-31(32(22-34)39-24-26-11-12-27-9-4-5-10-29(27)21-26)28-13-15-30(16-14-28)38-20-6-19-37-23-25-7-2-1-3-8-25/h1-3,7-8,11-16,21,31-32H,4-6,9-10,17-20,22-24H2,(H,35,36). The van der Waals surface area contributed by atoms with E-state index in [1.165, 1.54) is 40.0 Å². The molecular formula is C33H39NO5. The summed E-state index contributed by atoms with van der Waals surface area (Å²) >= 11 is 0. The summed E-state index contributed by atoms with van der Waals surface area (Å²) in [5.41, 5.74) is 6.40. The second kappa shape index (κ2) is 13.6. The molecule has 2 atom stereocenters. The lowest BCUT2D eigenvalue weighted by Gasteiger charge is -2.37. The fourth-order valence-corrected chi connectivity index (χ4v) is 5.65. The quantitative estimate of drug-likeness (QED) is 0.283. The summed E-state index contributed by atoms with van der Waals surface area (Å²) in [4.78, 5) is 13.2. The van der Waals surface area contributed by atoms with Gasteiger partial charge in [-0.2, -0.15) is 0 Å². The molecule has 5 rings (SSSR count). The number of piperidine rings is 1. The fraction of sp³-hybridized carbons (Fsp3) is 0.424. The van der Waals surface area contributed by atoms with E-state index in [2.05, 4.69) is 42.5 Å². The van der Waals surface area contributed by atoms with Gasteiger partial charge in [-0.3, -0.25) is 0 Å². The van der Waals surface area contributed by atoms with Crippen molar-refractivity contribution in [2.24, 2.45) is 0 Å². The van der Waals surface area contributed by atoms with Crippen molar-refractivity contribution in [1.82, 2.24) is 4.90 Å². The van der Waals surface area contributed by atoms with Gasteiger partial charge in [0.2, 0.25) is 0 Å². The zero-order chi connectivity index (χ0) is 26.9. The third-order valence-electron chi connectivity index (χ3n) is 7.83. The lowest BCUT2D eigenvalue weighted by atomic mass is 9.87. The minimum absolute atomic E-state index is 0.138. The third-order valence-corrected chi connectivity index (χ3v) is 7.83. The molecule has 6 heteroatoms. The van der Waals surface area contributed by atoms with E-state index in [4.69, 9.17) is 14.2 Å². The molecule has 1 aliphatic heterocycles. The predicted molar refractivity (Wildman–Crippen MR) is 151 cm³/mol. The molecule has 1 N–H and O–H groups in total. The van der Waals surface area contributed by atoms with Gasteiger partial charge in [-0.05, 0) is 72.1 Å². The molecule has 6 nitrogen and oxygen atoms in total. The maximum Gasteiger partial charge on any atom is 0.407 e. The lowest BCUT2D eigenvalue weighted by molar-refractivity contribution is -0.0199. The molecule has 0 bridgehead atoms. The van der Waals surface area contributed by atoms with Crippen molar-refractivity contribution in [1.29, 1.82) is 0 Å². The lowest BCUT2D eigenvalue weighted by Crippen LogP contribution is -2.46. The van der Waals surface area contributed by atoms with E-state index in [1.807, 2.05) is 30.3 Å². The van der Waals surface area contributed by atoms with Crippen LogP contribution in [0.1, 0.15) is 59.4 Å². The van der Waals surface area contributed by atoms with Crippen LogP contribution in [-0.4, -0.2) is 48.5 Å². The molecule has 0 aromatic heterocycles. The SMILES string of the molecule is O=C(O)N1CCC(c2ccc(OCCCOCc3ccccc3)cc2)C(OCc2ccc3c(c2)CCCC3)C1. The van der Waals surface area contributed by atoms with Gasteiger partial charge in [0.25, 0.3) is 0 Å². The Hall–Kier alpha value is -3.35. The molecule has 1 amide bonds. The summed E-state index contributed by atoms with van der Waals surface area (Å²) in [7, 11) is 0. The molecule has 0 saturated carbocycles. The van der Waals surface area contributed by atoms with Crippen LogP contribution in [0.2, 0.25) is 0 Å². The van der Waals surface area contributed by atoms with E-state index in [1.54, 1.807) is 0 Å². The van der Waals surface area contributed by atoms with E-state index in [-0.39, 0.29) is 12.0 Å². The van der Waals surface area contributed by atoms with Gasteiger partial charge < -0.3 is 24.2 Å². The van der Waals surface area contributed by atoms with Gasteiger partial charge in [0.05, 0.1) is 39.1 Å². The maximum atomic E-state index is 11.7. The average Bonchev–Trinajstić information content (AvgIpc) is 2.98. The number of ether oxygens (including phenoxy) is 3. The third kappa shape index (κ3) is 7.61. The monoisotopic (exact) mass is 529 g/mol. The molecule has 206 valence electrons. The van der Waals surface area contributed by atoms with Crippen molar-refractivity contribution in [3.05, 3.63) is 101 Å². The highest BCUT2D eigenvalue weighted by Crippen LogP contribution is 2.32. The molecule has 3 aromatic rings. The van der Waals surface area contributed by atoms with Crippen LogP contribution >= 0.6 is 0 Å². The van der Waals surface area contributed by atoms with Gasteiger partial charge in [-0.25, -0.2) is 4.79 Å². The second-order valence-corrected chi connectivity index (χ2v) is 10.6. The van der Waals surface area contributed by atoms with Crippen LogP contribution in [0, 0.1) is 0 Å². The number of amides is 1. The molecule has 39 heavy (non-hydrogen) atoms. The Balaban J connectivity index is 1.13. The predicted octanol–water partition coefficient (Wildman–Crippen LogP) is 6.60. The van der Waals surface area contributed by atoms with Gasteiger partial charge in [-0.1, -0.05) is 60.7 Å². The molecule has 2 aliphatic rings. The van der Waals surface area contributed by atoms with Gasteiger partial charge in [-0.15, -0.1) is 0 Å². The molecule has 1 aliphatic carbocycles. The number of fused-ring (bicyclic) bond motifs is 1. The Bertz CT molecular complexity index is 1200. The Kier molecular flexibility index (Phi) is 9.52. The number of nitrogens with zero attached hydrogens (tertiary/aromatic N) is 1. The van der Waals surface area contributed by atoms with Crippen LogP contribution in [0.15, 0.2) is 72.8 Å². The van der Waals surface area contributed by atoms with Crippen LogP contribution < -0.4 is 4.74 Å². The highest BCUT2D eigenvalue weighted by atomic mass is 16.5. The molecule has 1 fully saturated rings. The molecular weight excluding hydrogens is 490 g/mol. The van der Waals surface area contributed by atoms with Gasteiger partial charge >= 0.3 is 6.09 Å². The first-order chi connectivity index (χ1) is 19.2. The normalized spacial score (nSPS) is 18.9. The Morgan fingerprint density at radius 2 is 1.67 bits per heavy atom. The zero-order valence-electron chi connectivity index (χ0n) is 22.6. The highest BCUT2D eigenvalue weighted by Gasteiger charge is 2.33. The number of carbonyl (C=O) groups is 1. The molecule has 3 aromatic carbocycles. The van der Waals surface area contributed by atoms with Crippen LogP contribution in [0.25, 0.3) is 0 Å². The van der Waals surface area contributed by atoms with Crippen LogP contribution in [0.4, 0.5) is 4.79 Å². The number of rotatable bonds is 11. The summed E-state index contributed by atoms with van der Waals surface area (Å²) in [6.45, 7) is 3.25. The Morgan fingerprint density at radius 3 is 2.46 bits per heavy atom. The van der Waals surface area contributed by atoms with Gasteiger partial charge in [0.15, 0.2) is 0 Å². The number of hydrogen-bond donors (Lipinski definition) is 1. The Labute approximate surface area is 231 Å². The van der Waals surface area contributed by atoms with E-state index in [0.29, 0.717) is 39.5 Å². The molecule has 1 heterocycles. The summed E-state index contributed by atoms with van der Waals surface area (Å²) in [6, 6.07) is 25.0. The number of aryl methyl sites for hydroxylation is 2. The van der Waals surface area contributed by atoms with E-state index < -0.39 is 6.09 Å². The first kappa shape index (κ1) is 27.2. The van der Waals surface area contributed by atoms with Crippen LogP contribution in [0.5, 0.6) is 5.75 Å². The second-order valence-electron chi connectivity index (χ2n) is 10.6. The first-order valence-electron chi connectivity index (χ1n) is 14.2. The molecule has 1 saturated heterocycles. The van der Waals surface area contributed by atoms with Crippen molar-refractivity contribution in [2.45, 2.75) is 63.8 Å². The van der Waals surface area contributed by atoms with Crippen LogP contribution in [-0.2, 0) is 35.5 Å². The Morgan fingerprint density at radius 1 is 0.872 bits per heavy atom. The number of likely N-dealkylation sites (tertiary alicyclic amines) is 1. The summed E-state index contributed by atoms with van der Waals surface area (Å²) in [5.74, 6) is 0.968. The van der Waals surface area contributed by atoms with Crippen molar-refractivity contribution in [3.8, 4) is 5.75 Å². The van der Waals surface area contributed by atoms with Crippen molar-refractivity contribution < 1.29 is 24.1 Å². The van der Waals surface area contributed by atoms with Crippen molar-refractivity contribution >= 4 is 6.09 Å². The highest BCUT2D eigenvalue weighted by molar-refractivity contribution is 5.65. The summed E-state index contributed by atoms with van der Waals surface area (Å²) in [5, 5.41) is 9.61. The number of benzene rings is 3. The number of hydrogen-bond acceptors (Lipinski definition) is 4. The smallest absolute Gasteiger partial charge is 0.407 e. The van der Waals surface area contributed by atoms with Gasteiger partial charge in [0, 0.05) is 18.9 Å². The van der Waals surface area contributed by atoms with E-state index >= 15 is 0 Å². The minimum atomic E-state index is -0.882. The van der Waals surface area contributed by atoms with Crippen LogP contribution in [0.3, 0.4) is 0 Å². The molecule has 2 unspecified atom stereocenters. The van der Waals surface area contributed by atoms with E-state index in [9.17, 15) is 9.90 Å². The molecule has 0 spiro atoms. The number of carboxylic acid groups (broad SMARTS) is 1. The van der Waals surface area contributed by atoms with E-state index in [0.717, 1.165) is 37.0 Å². The molecule has 0 radical (unpaired) electrons. The van der Waals surface area contributed by atoms with Gasteiger partial charge in [0.1, 0.15) is 5.75 Å². The largest absolute Gasteiger partial charge is 0.494 e. The fourth-order valence-electron chi connectivity index (χ4n) is 5.65. The van der Waals surface area contributed by atoms with Crippen molar-refractivity contribution in [2.75, 3.05) is 26.3 Å². The topological polar surface area (TPSA) is 68.2 Å². The maximum absolute atomic E-state index is 11.7. The minimum Gasteiger partial charge on any atom is -0.494 e.